The molecule has 5 nitrogen and oxygen atoms in total. The van der Waals surface area contributed by atoms with E-state index in [9.17, 15) is 14.7 Å². The number of carbonyl (C=O) groups is 2. The number of terminal acetylenes is 1. The molecule has 106 valence electrons. The molecule has 0 aliphatic heterocycles. The van der Waals surface area contributed by atoms with Gasteiger partial charge in [-0.2, -0.15) is 0 Å². The van der Waals surface area contributed by atoms with Crippen molar-refractivity contribution < 1.29 is 14.7 Å². The molecule has 1 aromatic carbocycles. The third kappa shape index (κ3) is 3.51. The molecular weight excluding hydrogens is 256 g/mol. The summed E-state index contributed by atoms with van der Waals surface area (Å²) in [6.07, 6.45) is 5.20. The number of carbonyl (C=O) groups excluding carboxylic acids is 1. The third-order valence-corrected chi connectivity index (χ3v) is 2.89. The Morgan fingerprint density at radius 2 is 2.05 bits per heavy atom. The fourth-order valence-electron chi connectivity index (χ4n) is 1.93. The van der Waals surface area contributed by atoms with E-state index in [0.29, 0.717) is 17.8 Å². The Hall–Kier alpha value is -2.48. The van der Waals surface area contributed by atoms with Gasteiger partial charge >= 0.3 is 12.0 Å². The van der Waals surface area contributed by atoms with Gasteiger partial charge in [0.1, 0.15) is 0 Å². The number of hydrogen-bond acceptors (Lipinski definition) is 2. The van der Waals surface area contributed by atoms with Gasteiger partial charge in [-0.05, 0) is 38.0 Å². The maximum Gasteiger partial charge on any atom is 0.337 e. The molecule has 0 saturated heterocycles. The number of carboxylic acid groups (broad SMARTS) is 1. The van der Waals surface area contributed by atoms with Crippen molar-refractivity contribution in [3.05, 3.63) is 28.8 Å². The highest BCUT2D eigenvalue weighted by molar-refractivity contribution is 6.01. The fraction of sp³-hybridized carbons (Fsp3) is 0.333. The van der Waals surface area contributed by atoms with Crippen molar-refractivity contribution in [1.29, 1.82) is 0 Å². The van der Waals surface area contributed by atoms with Crippen LogP contribution in [0.15, 0.2) is 12.1 Å². The zero-order valence-corrected chi connectivity index (χ0v) is 11.9. The average Bonchev–Trinajstić information content (AvgIpc) is 2.38. The molecule has 1 rings (SSSR count). The summed E-state index contributed by atoms with van der Waals surface area (Å²) >= 11 is 0. The minimum Gasteiger partial charge on any atom is -0.478 e. The quantitative estimate of drug-likeness (QED) is 0.829. The van der Waals surface area contributed by atoms with Crippen LogP contribution < -0.4 is 5.32 Å². The molecule has 0 aliphatic rings. The molecule has 0 aromatic heterocycles. The first-order valence-corrected chi connectivity index (χ1v) is 6.24. The lowest BCUT2D eigenvalue weighted by molar-refractivity contribution is 0.0698. The summed E-state index contributed by atoms with van der Waals surface area (Å²) in [5.41, 5.74) is 1.91. The third-order valence-electron chi connectivity index (χ3n) is 2.89. The number of carboxylic acids is 1. The highest BCUT2D eigenvalue weighted by Crippen LogP contribution is 2.23. The van der Waals surface area contributed by atoms with Crippen LogP contribution in [-0.4, -0.2) is 35.1 Å². The maximum absolute atomic E-state index is 12.1. The number of aryl methyl sites for hydroxylation is 2. The number of hydrogen-bond donors (Lipinski definition) is 2. The van der Waals surface area contributed by atoms with E-state index in [1.54, 1.807) is 13.8 Å². The Bertz CT molecular complexity index is 573. The largest absolute Gasteiger partial charge is 0.478 e. The van der Waals surface area contributed by atoms with Gasteiger partial charge < -0.3 is 15.3 Å². The standard InChI is InChI=1S/C15H18N2O3/c1-5-7-17(6-2)15(20)16-13-11(4)8-10(3)9-12(13)14(18)19/h1,8-9H,6-7H2,2-4H3,(H,16,20)(H,18,19). The second-order valence-corrected chi connectivity index (χ2v) is 4.46. The molecule has 0 heterocycles. The van der Waals surface area contributed by atoms with Gasteiger partial charge in [-0.1, -0.05) is 12.0 Å². The molecule has 2 amide bonds. The summed E-state index contributed by atoms with van der Waals surface area (Å²) in [5.74, 6) is 1.32. The first-order valence-electron chi connectivity index (χ1n) is 6.24. The number of nitrogens with one attached hydrogen (secondary N) is 1. The van der Waals surface area contributed by atoms with Crippen LogP contribution in [0, 0.1) is 26.2 Å². The van der Waals surface area contributed by atoms with Gasteiger partial charge in [0, 0.05) is 6.54 Å². The summed E-state index contributed by atoms with van der Waals surface area (Å²) in [6, 6.07) is 2.95. The topological polar surface area (TPSA) is 69.6 Å². The van der Waals surface area contributed by atoms with Gasteiger partial charge in [-0.25, -0.2) is 9.59 Å². The van der Waals surface area contributed by atoms with Crippen molar-refractivity contribution in [1.82, 2.24) is 4.90 Å². The van der Waals surface area contributed by atoms with Gasteiger partial charge in [0.05, 0.1) is 17.8 Å². The fourth-order valence-corrected chi connectivity index (χ4v) is 1.93. The van der Waals surface area contributed by atoms with Gasteiger partial charge in [0.2, 0.25) is 0 Å². The molecule has 0 fully saturated rings. The van der Waals surface area contributed by atoms with Crippen LogP contribution in [0.25, 0.3) is 0 Å². The summed E-state index contributed by atoms with van der Waals surface area (Å²) in [6.45, 7) is 5.99. The van der Waals surface area contributed by atoms with Crippen molar-refractivity contribution in [3.63, 3.8) is 0 Å². The highest BCUT2D eigenvalue weighted by Gasteiger charge is 2.18. The molecule has 0 atom stereocenters. The molecule has 0 spiro atoms. The number of aromatic carboxylic acids is 1. The normalized spacial score (nSPS) is 9.70. The molecule has 5 heteroatoms. The van der Waals surface area contributed by atoms with Crippen molar-refractivity contribution >= 4 is 17.7 Å². The lowest BCUT2D eigenvalue weighted by atomic mass is 10.0. The molecule has 2 N–H and O–H groups in total. The molecule has 1 aromatic rings. The number of benzene rings is 1. The minimum atomic E-state index is -1.08. The number of nitrogens with zero attached hydrogens (tertiary/aromatic N) is 1. The number of urea groups is 1. The summed E-state index contributed by atoms with van der Waals surface area (Å²) in [7, 11) is 0. The predicted molar refractivity (Wildman–Crippen MR) is 78.0 cm³/mol. The number of anilines is 1. The lowest BCUT2D eigenvalue weighted by Crippen LogP contribution is -2.35. The average molecular weight is 274 g/mol. The Balaban J connectivity index is 3.12. The SMILES string of the molecule is C#CCN(CC)C(=O)Nc1c(C)cc(C)cc1C(=O)O. The van der Waals surface area contributed by atoms with Crippen LogP contribution in [0.2, 0.25) is 0 Å². The summed E-state index contributed by atoms with van der Waals surface area (Å²) < 4.78 is 0. The number of rotatable bonds is 4. The van der Waals surface area contributed by atoms with Crippen molar-refractivity contribution in [2.24, 2.45) is 0 Å². The van der Waals surface area contributed by atoms with E-state index in [1.807, 2.05) is 13.0 Å². The smallest absolute Gasteiger partial charge is 0.337 e. The summed E-state index contributed by atoms with van der Waals surface area (Å²) in [5, 5.41) is 11.9. The Morgan fingerprint density at radius 1 is 1.40 bits per heavy atom. The van der Waals surface area contributed by atoms with E-state index in [0.717, 1.165) is 5.56 Å². The van der Waals surface area contributed by atoms with Crippen molar-refractivity contribution in [2.75, 3.05) is 18.4 Å². The first-order chi connectivity index (χ1) is 9.40. The lowest BCUT2D eigenvalue weighted by Gasteiger charge is -2.20. The minimum absolute atomic E-state index is 0.0765. The molecule has 0 saturated carbocycles. The van der Waals surface area contributed by atoms with Gasteiger partial charge in [-0.3, -0.25) is 0 Å². The molecule has 0 aliphatic carbocycles. The first kappa shape index (κ1) is 15.6. The zero-order chi connectivity index (χ0) is 15.3. The van der Waals surface area contributed by atoms with Crippen LogP contribution >= 0.6 is 0 Å². The highest BCUT2D eigenvalue weighted by atomic mass is 16.4. The Labute approximate surface area is 118 Å². The van der Waals surface area contributed by atoms with Crippen molar-refractivity contribution in [2.45, 2.75) is 20.8 Å². The van der Waals surface area contributed by atoms with Crippen LogP contribution in [-0.2, 0) is 0 Å². The van der Waals surface area contributed by atoms with Gasteiger partial charge in [-0.15, -0.1) is 6.42 Å². The molecular formula is C15H18N2O3. The van der Waals surface area contributed by atoms with E-state index in [-0.39, 0.29) is 12.1 Å². The molecule has 0 bridgehead atoms. The van der Waals surface area contributed by atoms with Crippen LogP contribution in [0.5, 0.6) is 0 Å². The molecule has 0 unspecified atom stereocenters. The van der Waals surface area contributed by atoms with Crippen molar-refractivity contribution in [3.8, 4) is 12.3 Å². The van der Waals surface area contributed by atoms with Gasteiger partial charge in [0.25, 0.3) is 0 Å². The van der Waals surface area contributed by atoms with Crippen LogP contribution in [0.4, 0.5) is 10.5 Å². The summed E-state index contributed by atoms with van der Waals surface area (Å²) in [4.78, 5) is 24.8. The monoisotopic (exact) mass is 274 g/mol. The van der Waals surface area contributed by atoms with E-state index < -0.39 is 12.0 Å². The second kappa shape index (κ2) is 6.62. The van der Waals surface area contributed by atoms with Gasteiger partial charge in [0.15, 0.2) is 0 Å². The predicted octanol–water partition coefficient (Wildman–Crippen LogP) is 2.49. The van der Waals surface area contributed by atoms with E-state index in [2.05, 4.69) is 11.2 Å². The zero-order valence-electron chi connectivity index (χ0n) is 11.9. The van der Waals surface area contributed by atoms with Crippen LogP contribution in [0.1, 0.15) is 28.4 Å². The van der Waals surface area contributed by atoms with E-state index in [1.165, 1.54) is 11.0 Å². The Morgan fingerprint density at radius 3 is 2.55 bits per heavy atom. The van der Waals surface area contributed by atoms with E-state index >= 15 is 0 Å². The molecule has 0 radical (unpaired) electrons. The van der Waals surface area contributed by atoms with E-state index in [4.69, 9.17) is 6.42 Å². The number of amides is 2. The second-order valence-electron chi connectivity index (χ2n) is 4.46. The maximum atomic E-state index is 12.1. The molecule has 20 heavy (non-hydrogen) atoms. The van der Waals surface area contributed by atoms with Crippen LogP contribution in [0.3, 0.4) is 0 Å². The Kier molecular flexibility index (Phi) is 5.15.